The van der Waals surface area contributed by atoms with Crippen molar-refractivity contribution >= 4 is 5.84 Å². The van der Waals surface area contributed by atoms with E-state index in [1.54, 1.807) is 0 Å². The summed E-state index contributed by atoms with van der Waals surface area (Å²) in [5.74, 6) is 1.26. The molecule has 0 fully saturated rings. The lowest BCUT2D eigenvalue weighted by atomic mass is 9.88. The molecule has 1 aliphatic heterocycles. The Morgan fingerprint density at radius 2 is 1.50 bits per heavy atom. The highest BCUT2D eigenvalue weighted by Crippen LogP contribution is 2.24. The number of nitrogens with zero attached hydrogens (tertiary/aromatic N) is 1. The fourth-order valence-corrected chi connectivity index (χ4v) is 2.75. The van der Waals surface area contributed by atoms with Crippen molar-refractivity contribution in [2.24, 2.45) is 10.4 Å². The lowest BCUT2D eigenvalue weighted by molar-refractivity contribution is 0.333. The van der Waals surface area contributed by atoms with Crippen molar-refractivity contribution in [2.45, 2.75) is 97.9 Å². The SMILES string of the molecule is CCCCCCCCCCCC1=NC(C(C)(C)C)CN1. The minimum atomic E-state index is 0.299. The number of aliphatic imine (C=N–C) groups is 1. The van der Waals surface area contributed by atoms with Crippen LogP contribution in [0.1, 0.15) is 91.9 Å². The van der Waals surface area contributed by atoms with Crippen LogP contribution in [0.5, 0.6) is 0 Å². The molecule has 0 aromatic carbocycles. The van der Waals surface area contributed by atoms with Crippen molar-refractivity contribution in [1.29, 1.82) is 0 Å². The monoisotopic (exact) mass is 280 g/mol. The van der Waals surface area contributed by atoms with E-state index in [1.807, 2.05) is 0 Å². The molecule has 0 amide bonds. The summed E-state index contributed by atoms with van der Waals surface area (Å²) in [4.78, 5) is 4.83. The molecule has 0 saturated carbocycles. The van der Waals surface area contributed by atoms with Crippen molar-refractivity contribution in [3.8, 4) is 0 Å². The Kier molecular flexibility index (Phi) is 8.25. The van der Waals surface area contributed by atoms with Crippen molar-refractivity contribution in [2.75, 3.05) is 6.54 Å². The molecule has 1 atom stereocenters. The molecule has 0 radical (unpaired) electrons. The quantitative estimate of drug-likeness (QED) is 0.538. The van der Waals surface area contributed by atoms with Crippen molar-refractivity contribution in [3.63, 3.8) is 0 Å². The van der Waals surface area contributed by atoms with Gasteiger partial charge in [-0.1, -0.05) is 79.1 Å². The molecular formula is C18H36N2. The number of nitrogens with one attached hydrogen (secondary N) is 1. The predicted octanol–water partition coefficient (Wildman–Crippen LogP) is 5.32. The van der Waals surface area contributed by atoms with Crippen LogP contribution in [0.3, 0.4) is 0 Å². The van der Waals surface area contributed by atoms with Crippen LogP contribution in [-0.2, 0) is 0 Å². The predicted molar refractivity (Wildman–Crippen MR) is 90.5 cm³/mol. The van der Waals surface area contributed by atoms with E-state index in [2.05, 4.69) is 33.0 Å². The zero-order valence-corrected chi connectivity index (χ0v) is 14.3. The Morgan fingerprint density at radius 3 is 2.00 bits per heavy atom. The molecule has 2 nitrogen and oxygen atoms in total. The van der Waals surface area contributed by atoms with Crippen LogP contribution in [0.25, 0.3) is 0 Å². The molecule has 0 spiro atoms. The van der Waals surface area contributed by atoms with Crippen LogP contribution in [-0.4, -0.2) is 18.4 Å². The summed E-state index contributed by atoms with van der Waals surface area (Å²) in [5, 5.41) is 3.49. The zero-order chi connectivity index (χ0) is 14.8. The van der Waals surface area contributed by atoms with E-state index < -0.39 is 0 Å². The minimum Gasteiger partial charge on any atom is -0.372 e. The second-order valence-corrected chi connectivity index (χ2v) is 7.42. The number of unbranched alkanes of at least 4 members (excludes halogenated alkanes) is 8. The fourth-order valence-electron chi connectivity index (χ4n) is 2.75. The fraction of sp³-hybridized carbons (Fsp3) is 0.944. The van der Waals surface area contributed by atoms with Crippen LogP contribution in [0.4, 0.5) is 0 Å². The van der Waals surface area contributed by atoms with Gasteiger partial charge in [0.25, 0.3) is 0 Å². The normalized spacial score (nSPS) is 19.0. The molecule has 0 bridgehead atoms. The Hall–Kier alpha value is -0.530. The van der Waals surface area contributed by atoms with Gasteiger partial charge in [0.1, 0.15) is 0 Å². The van der Waals surface area contributed by atoms with Gasteiger partial charge < -0.3 is 5.32 Å². The molecule has 1 unspecified atom stereocenters. The number of rotatable bonds is 10. The topological polar surface area (TPSA) is 24.4 Å². The Balaban J connectivity index is 1.97. The third-order valence-electron chi connectivity index (χ3n) is 4.33. The van der Waals surface area contributed by atoms with E-state index >= 15 is 0 Å². The molecule has 118 valence electrons. The van der Waals surface area contributed by atoms with E-state index in [-0.39, 0.29) is 0 Å². The molecule has 1 aliphatic rings. The molecule has 0 aliphatic carbocycles. The molecule has 1 heterocycles. The van der Waals surface area contributed by atoms with Gasteiger partial charge >= 0.3 is 0 Å². The summed E-state index contributed by atoms with van der Waals surface area (Å²) < 4.78 is 0. The highest BCUT2D eigenvalue weighted by Gasteiger charge is 2.28. The van der Waals surface area contributed by atoms with Crippen molar-refractivity contribution in [1.82, 2.24) is 5.32 Å². The standard InChI is InChI=1S/C18H36N2/c1-5-6-7-8-9-10-11-12-13-14-17-19-15-16(20-17)18(2,3)4/h16H,5-15H2,1-4H3,(H,19,20). The third kappa shape index (κ3) is 7.31. The lowest BCUT2D eigenvalue weighted by Crippen LogP contribution is -2.29. The third-order valence-corrected chi connectivity index (χ3v) is 4.33. The Labute approximate surface area is 126 Å². The van der Waals surface area contributed by atoms with Gasteiger partial charge in [0.15, 0.2) is 0 Å². The van der Waals surface area contributed by atoms with E-state index in [9.17, 15) is 0 Å². The molecular weight excluding hydrogens is 244 g/mol. The molecule has 0 aromatic rings. The van der Waals surface area contributed by atoms with E-state index in [1.165, 1.54) is 63.6 Å². The van der Waals surface area contributed by atoms with Gasteiger partial charge in [0.2, 0.25) is 0 Å². The molecule has 2 heteroatoms. The minimum absolute atomic E-state index is 0.299. The summed E-state index contributed by atoms with van der Waals surface area (Å²) >= 11 is 0. The van der Waals surface area contributed by atoms with Crippen LogP contribution < -0.4 is 5.32 Å². The lowest BCUT2D eigenvalue weighted by Gasteiger charge is -2.22. The second-order valence-electron chi connectivity index (χ2n) is 7.42. The van der Waals surface area contributed by atoms with Gasteiger partial charge in [-0.05, 0) is 11.8 Å². The summed E-state index contributed by atoms with van der Waals surface area (Å²) in [7, 11) is 0. The summed E-state index contributed by atoms with van der Waals surface area (Å²) in [6.45, 7) is 10.2. The maximum atomic E-state index is 4.83. The maximum absolute atomic E-state index is 4.83. The van der Waals surface area contributed by atoms with Crippen molar-refractivity contribution in [3.05, 3.63) is 0 Å². The van der Waals surface area contributed by atoms with Crippen LogP contribution in [0.15, 0.2) is 4.99 Å². The highest BCUT2D eigenvalue weighted by molar-refractivity contribution is 5.83. The summed E-state index contributed by atoms with van der Waals surface area (Å²) in [6, 6.07) is 0.469. The van der Waals surface area contributed by atoms with Gasteiger partial charge in [0.05, 0.1) is 11.9 Å². The first kappa shape index (κ1) is 17.5. The smallest absolute Gasteiger partial charge is 0.0968 e. The molecule has 1 rings (SSSR count). The maximum Gasteiger partial charge on any atom is 0.0968 e. The Morgan fingerprint density at radius 1 is 0.950 bits per heavy atom. The van der Waals surface area contributed by atoms with Gasteiger partial charge in [-0.2, -0.15) is 0 Å². The molecule has 0 saturated heterocycles. The summed E-state index contributed by atoms with van der Waals surface area (Å²) in [6.07, 6.45) is 13.7. The van der Waals surface area contributed by atoms with E-state index in [4.69, 9.17) is 4.99 Å². The van der Waals surface area contributed by atoms with Gasteiger partial charge in [-0.15, -0.1) is 0 Å². The van der Waals surface area contributed by atoms with Gasteiger partial charge in [-0.25, -0.2) is 0 Å². The van der Waals surface area contributed by atoms with Gasteiger partial charge in [-0.3, -0.25) is 4.99 Å². The van der Waals surface area contributed by atoms with Crippen LogP contribution >= 0.6 is 0 Å². The van der Waals surface area contributed by atoms with Crippen molar-refractivity contribution < 1.29 is 0 Å². The van der Waals surface area contributed by atoms with E-state index in [0.717, 1.165) is 13.0 Å². The zero-order valence-electron chi connectivity index (χ0n) is 14.3. The van der Waals surface area contributed by atoms with Crippen LogP contribution in [0.2, 0.25) is 0 Å². The molecule has 20 heavy (non-hydrogen) atoms. The molecule has 0 aromatic heterocycles. The average Bonchev–Trinajstić information content (AvgIpc) is 2.85. The average molecular weight is 280 g/mol. The Bertz CT molecular complexity index is 276. The number of hydrogen-bond acceptors (Lipinski definition) is 2. The number of hydrogen-bond donors (Lipinski definition) is 1. The van der Waals surface area contributed by atoms with E-state index in [0.29, 0.717) is 11.5 Å². The second kappa shape index (κ2) is 9.41. The number of amidine groups is 1. The first-order chi connectivity index (χ1) is 9.54. The van der Waals surface area contributed by atoms with Gasteiger partial charge in [0, 0.05) is 13.0 Å². The van der Waals surface area contributed by atoms with Crippen LogP contribution in [0, 0.1) is 5.41 Å². The first-order valence-corrected chi connectivity index (χ1v) is 8.84. The molecule has 1 N–H and O–H groups in total. The summed E-state index contributed by atoms with van der Waals surface area (Å²) in [5.41, 5.74) is 0.299. The largest absolute Gasteiger partial charge is 0.372 e. The highest BCUT2D eigenvalue weighted by atomic mass is 15.1. The first-order valence-electron chi connectivity index (χ1n) is 8.84.